The van der Waals surface area contributed by atoms with E-state index in [1.165, 1.54) is 19.3 Å². The molecule has 7 heteroatoms. The Morgan fingerprint density at radius 3 is 2.44 bits per heavy atom. The fourth-order valence-electron chi connectivity index (χ4n) is 6.42. The second-order valence-electron chi connectivity index (χ2n) is 11.3. The molecule has 5 rings (SSSR count). The molecule has 2 fully saturated rings. The molecule has 3 aliphatic rings. The number of piperazine rings is 1. The number of nitrogens with one attached hydrogen (secondary N) is 1. The molecule has 184 valence electrons. The second-order valence-corrected chi connectivity index (χ2v) is 11.3. The fourth-order valence-corrected chi connectivity index (χ4v) is 6.42. The van der Waals surface area contributed by atoms with Crippen LogP contribution in [0, 0.1) is 17.8 Å². The third-order valence-corrected chi connectivity index (χ3v) is 8.18. The van der Waals surface area contributed by atoms with E-state index in [0.717, 1.165) is 54.0 Å². The first kappa shape index (κ1) is 23.5. The molecule has 2 bridgehead atoms. The first-order valence-corrected chi connectivity index (χ1v) is 13.1. The molecular formula is C27H40N6O. The number of likely N-dealkylation sites (N-methyl/N-ethyl adjacent to an activating group) is 1. The van der Waals surface area contributed by atoms with Crippen LogP contribution in [-0.4, -0.2) is 75.5 Å². The third kappa shape index (κ3) is 4.52. The maximum Gasteiger partial charge on any atom is 0.246 e. The van der Waals surface area contributed by atoms with E-state index in [9.17, 15) is 4.79 Å². The molecule has 0 radical (unpaired) electrons. The second kappa shape index (κ2) is 9.42. The van der Waals surface area contributed by atoms with E-state index >= 15 is 0 Å². The largest absolute Gasteiger partial charge is 0.358 e. The van der Waals surface area contributed by atoms with Crippen LogP contribution in [0.4, 0.5) is 5.82 Å². The zero-order valence-electron chi connectivity index (χ0n) is 21.4. The molecule has 1 saturated heterocycles. The van der Waals surface area contributed by atoms with Gasteiger partial charge in [0.1, 0.15) is 17.7 Å². The lowest BCUT2D eigenvalue weighted by Crippen LogP contribution is -2.64. The van der Waals surface area contributed by atoms with E-state index in [1.807, 2.05) is 36.2 Å². The van der Waals surface area contributed by atoms with Crippen LogP contribution >= 0.6 is 0 Å². The third-order valence-electron chi connectivity index (χ3n) is 8.18. The highest BCUT2D eigenvalue weighted by atomic mass is 16.2. The molecule has 7 nitrogen and oxygen atoms in total. The Bertz CT molecular complexity index is 1030. The molecule has 3 unspecified atom stereocenters. The van der Waals surface area contributed by atoms with Gasteiger partial charge in [-0.1, -0.05) is 39.8 Å². The number of rotatable bonds is 2. The molecule has 3 heterocycles. The summed E-state index contributed by atoms with van der Waals surface area (Å²) in [5, 5.41) is 4.49. The van der Waals surface area contributed by atoms with E-state index in [1.54, 1.807) is 0 Å². The Balaban J connectivity index is 1.49. The van der Waals surface area contributed by atoms with Gasteiger partial charge in [0, 0.05) is 38.1 Å². The van der Waals surface area contributed by atoms with Crippen LogP contribution in [0.3, 0.4) is 0 Å². The summed E-state index contributed by atoms with van der Waals surface area (Å²) in [5.41, 5.74) is 0.930. The van der Waals surface area contributed by atoms with Crippen molar-refractivity contribution in [1.82, 2.24) is 24.7 Å². The number of hydrogen-bond donors (Lipinski definition) is 1. The van der Waals surface area contributed by atoms with Crippen LogP contribution in [0.25, 0.3) is 10.9 Å². The van der Waals surface area contributed by atoms with Crippen LogP contribution in [0.15, 0.2) is 24.3 Å². The van der Waals surface area contributed by atoms with E-state index in [-0.39, 0.29) is 24.0 Å². The number of para-hydroxylation sites is 1. The van der Waals surface area contributed by atoms with Crippen LogP contribution in [0.5, 0.6) is 0 Å². The van der Waals surface area contributed by atoms with Crippen molar-refractivity contribution in [3.05, 3.63) is 30.1 Å². The predicted octanol–water partition coefficient (Wildman–Crippen LogP) is 3.81. The smallest absolute Gasteiger partial charge is 0.246 e. The van der Waals surface area contributed by atoms with Gasteiger partial charge in [-0.05, 0) is 49.1 Å². The molecule has 2 aliphatic heterocycles. The zero-order valence-corrected chi connectivity index (χ0v) is 21.4. The SMILES string of the molecule is CC1CC(C)CC(N2CCN3Cc4nc(c5ccccc5n4)N[C@@H](C(C)C)C(=O)N(C)C3C2)C1. The van der Waals surface area contributed by atoms with Crippen LogP contribution in [0.1, 0.15) is 52.8 Å². The number of amides is 1. The lowest BCUT2D eigenvalue weighted by molar-refractivity contribution is -0.142. The van der Waals surface area contributed by atoms with Crippen LogP contribution in [0.2, 0.25) is 0 Å². The van der Waals surface area contributed by atoms with Gasteiger partial charge in [-0.2, -0.15) is 0 Å². The summed E-state index contributed by atoms with van der Waals surface area (Å²) in [6, 6.07) is 8.37. The van der Waals surface area contributed by atoms with Crippen molar-refractivity contribution in [2.45, 2.75) is 71.8 Å². The number of nitrogens with zero attached hydrogens (tertiary/aromatic N) is 5. The predicted molar refractivity (Wildman–Crippen MR) is 136 cm³/mol. The molecular weight excluding hydrogens is 424 g/mol. The molecule has 1 aromatic carbocycles. The minimum atomic E-state index is -0.332. The number of carbonyl (C=O) groups is 1. The van der Waals surface area contributed by atoms with Gasteiger partial charge < -0.3 is 10.2 Å². The molecule has 0 spiro atoms. The number of anilines is 1. The van der Waals surface area contributed by atoms with E-state index in [2.05, 4.69) is 42.8 Å². The van der Waals surface area contributed by atoms with Gasteiger partial charge in [-0.25, -0.2) is 9.97 Å². The highest BCUT2D eigenvalue weighted by Crippen LogP contribution is 2.33. The Hall–Kier alpha value is -2.25. The zero-order chi connectivity index (χ0) is 24.0. The number of aromatic nitrogens is 2. The van der Waals surface area contributed by atoms with Gasteiger partial charge in [-0.15, -0.1) is 0 Å². The highest BCUT2D eigenvalue weighted by molar-refractivity contribution is 5.92. The summed E-state index contributed by atoms with van der Waals surface area (Å²) in [5.74, 6) is 3.42. The number of hydrogen-bond acceptors (Lipinski definition) is 6. The molecule has 34 heavy (non-hydrogen) atoms. The van der Waals surface area contributed by atoms with Gasteiger partial charge in [-0.3, -0.25) is 14.6 Å². The normalized spacial score (nSPS) is 31.4. The van der Waals surface area contributed by atoms with Crippen molar-refractivity contribution >= 4 is 22.6 Å². The lowest BCUT2D eigenvalue weighted by Gasteiger charge is -2.50. The maximum absolute atomic E-state index is 13.9. The summed E-state index contributed by atoms with van der Waals surface area (Å²) in [7, 11) is 1.99. The molecule has 1 aromatic heterocycles. The summed E-state index contributed by atoms with van der Waals surface area (Å²) in [6.45, 7) is 12.5. The molecule has 1 saturated carbocycles. The molecule has 2 aromatic rings. The van der Waals surface area contributed by atoms with Crippen molar-refractivity contribution < 1.29 is 4.79 Å². The topological polar surface area (TPSA) is 64.6 Å². The minimum Gasteiger partial charge on any atom is -0.358 e. The maximum atomic E-state index is 13.9. The summed E-state index contributed by atoms with van der Waals surface area (Å²) >= 11 is 0. The Kier molecular flexibility index (Phi) is 6.51. The van der Waals surface area contributed by atoms with Crippen molar-refractivity contribution in [3.8, 4) is 0 Å². The van der Waals surface area contributed by atoms with Gasteiger partial charge in [0.15, 0.2) is 0 Å². The molecule has 1 aliphatic carbocycles. The first-order valence-electron chi connectivity index (χ1n) is 13.1. The Morgan fingerprint density at radius 2 is 1.71 bits per heavy atom. The average Bonchev–Trinajstić information content (AvgIpc) is 2.80. The van der Waals surface area contributed by atoms with E-state index < -0.39 is 0 Å². The van der Waals surface area contributed by atoms with Crippen molar-refractivity contribution in [1.29, 1.82) is 0 Å². The number of fused-ring (bicyclic) bond motifs is 5. The Morgan fingerprint density at radius 1 is 1.00 bits per heavy atom. The number of carbonyl (C=O) groups excluding carboxylic acids is 1. The van der Waals surface area contributed by atoms with Crippen molar-refractivity contribution in [3.63, 3.8) is 0 Å². The molecule has 4 atom stereocenters. The highest BCUT2D eigenvalue weighted by Gasteiger charge is 2.40. The van der Waals surface area contributed by atoms with Crippen molar-refractivity contribution in [2.75, 3.05) is 32.0 Å². The summed E-state index contributed by atoms with van der Waals surface area (Å²) < 4.78 is 0. The summed E-state index contributed by atoms with van der Waals surface area (Å²) in [6.07, 6.45) is 3.89. The minimum absolute atomic E-state index is 0.0217. The van der Waals surface area contributed by atoms with Gasteiger partial charge >= 0.3 is 0 Å². The molecule has 1 amide bonds. The summed E-state index contributed by atoms with van der Waals surface area (Å²) in [4.78, 5) is 30.8. The first-order chi connectivity index (χ1) is 16.3. The van der Waals surface area contributed by atoms with Gasteiger partial charge in [0.2, 0.25) is 5.91 Å². The van der Waals surface area contributed by atoms with Crippen molar-refractivity contribution in [2.24, 2.45) is 17.8 Å². The quantitative estimate of drug-likeness (QED) is 0.729. The Labute approximate surface area is 203 Å². The van der Waals surface area contributed by atoms with E-state index in [4.69, 9.17) is 9.97 Å². The van der Waals surface area contributed by atoms with Crippen LogP contribution < -0.4 is 5.32 Å². The lowest BCUT2D eigenvalue weighted by atomic mass is 9.79. The van der Waals surface area contributed by atoms with Gasteiger partial charge in [0.05, 0.1) is 18.2 Å². The standard InChI is InChI=1S/C27H40N6O/c1-17(2)25-27(34)31(5)24-16-32(20-13-18(3)12-19(4)14-20)10-11-33(24)15-23-28-22-9-7-6-8-21(22)26(29-23)30-25/h6-9,17-20,24-25H,10-16H2,1-5H3,(H,28,29,30)/t18?,19?,20?,24?,25-/m0/s1. The average molecular weight is 465 g/mol. The van der Waals surface area contributed by atoms with Gasteiger partial charge in [0.25, 0.3) is 0 Å². The fraction of sp³-hybridized carbons (Fsp3) is 0.667. The number of benzene rings is 1. The molecule has 1 N–H and O–H groups in total. The van der Waals surface area contributed by atoms with Crippen LogP contribution in [-0.2, 0) is 11.3 Å². The van der Waals surface area contributed by atoms with E-state index in [0.29, 0.717) is 12.6 Å². The monoisotopic (exact) mass is 464 g/mol.